The molecule has 0 aromatic carbocycles. The van der Waals surface area contributed by atoms with E-state index in [0.717, 1.165) is 26.2 Å². The summed E-state index contributed by atoms with van der Waals surface area (Å²) >= 11 is 0. The molecule has 0 saturated carbocycles. The Balaban J connectivity index is 2.56. The maximum absolute atomic E-state index is 11.3. The van der Waals surface area contributed by atoms with Gasteiger partial charge in [0, 0.05) is 26.2 Å². The van der Waals surface area contributed by atoms with E-state index in [-0.39, 0.29) is 11.9 Å². The van der Waals surface area contributed by atoms with Gasteiger partial charge >= 0.3 is 5.97 Å². The number of hydrogen-bond donors (Lipinski definition) is 0. The first-order valence-corrected chi connectivity index (χ1v) is 4.58. The van der Waals surface area contributed by atoms with Crippen LogP contribution in [0.15, 0.2) is 0 Å². The number of nitrogens with zero attached hydrogens (tertiary/aromatic N) is 2. The first kappa shape index (κ1) is 10.5. The molecule has 1 heterocycles. The highest BCUT2D eigenvalue weighted by Crippen LogP contribution is 2.08. The van der Waals surface area contributed by atoms with Crippen molar-refractivity contribution in [2.75, 3.05) is 47.4 Å². The quantitative estimate of drug-likeness (QED) is 0.524. The molecule has 0 amide bonds. The highest BCUT2D eigenvalue weighted by atomic mass is 16.5. The molecule has 1 rings (SSSR count). The lowest BCUT2D eigenvalue weighted by atomic mass is 10.1. The van der Waals surface area contributed by atoms with Crippen LogP contribution in [0.4, 0.5) is 0 Å². The van der Waals surface area contributed by atoms with Crippen LogP contribution in [-0.2, 0) is 9.53 Å². The lowest BCUT2D eigenvalue weighted by Gasteiger charge is -2.18. The molecule has 1 aliphatic rings. The minimum Gasteiger partial charge on any atom is -0.469 e. The molecule has 0 aliphatic carbocycles. The van der Waals surface area contributed by atoms with Crippen LogP contribution in [0.25, 0.3) is 0 Å². The van der Waals surface area contributed by atoms with Crippen molar-refractivity contribution in [3.63, 3.8) is 0 Å². The van der Waals surface area contributed by atoms with E-state index in [0.29, 0.717) is 0 Å². The number of methoxy groups -OCH3 is 1. The van der Waals surface area contributed by atoms with E-state index in [1.165, 1.54) is 7.11 Å². The summed E-state index contributed by atoms with van der Waals surface area (Å²) in [6.45, 7) is 3.64. The largest absolute Gasteiger partial charge is 0.469 e. The monoisotopic (exact) mass is 186 g/mol. The van der Waals surface area contributed by atoms with E-state index in [1.54, 1.807) is 0 Å². The molecule has 0 aromatic heterocycles. The van der Waals surface area contributed by atoms with Crippen LogP contribution in [0.5, 0.6) is 0 Å². The van der Waals surface area contributed by atoms with Gasteiger partial charge in [-0.3, -0.25) is 4.79 Å². The number of ether oxygens (including phenoxy) is 1. The van der Waals surface area contributed by atoms with E-state index in [2.05, 4.69) is 9.80 Å². The number of rotatable bonds is 1. The average molecular weight is 186 g/mol. The number of esters is 1. The van der Waals surface area contributed by atoms with Crippen molar-refractivity contribution >= 4 is 5.97 Å². The van der Waals surface area contributed by atoms with Crippen molar-refractivity contribution in [3.05, 3.63) is 0 Å². The molecule has 1 fully saturated rings. The van der Waals surface area contributed by atoms with Gasteiger partial charge in [-0.25, -0.2) is 0 Å². The molecular weight excluding hydrogens is 168 g/mol. The van der Waals surface area contributed by atoms with Gasteiger partial charge in [-0.2, -0.15) is 0 Å². The van der Waals surface area contributed by atoms with Crippen LogP contribution in [0.1, 0.15) is 0 Å². The van der Waals surface area contributed by atoms with Crippen molar-refractivity contribution in [3.8, 4) is 0 Å². The number of carbonyl (C=O) groups is 1. The standard InChI is InChI=1S/C9H18N2O2/c1-10-4-5-11(2)7-8(6-10)9(12)13-3/h8H,4-7H2,1-3H3. The van der Waals surface area contributed by atoms with Crippen LogP contribution in [-0.4, -0.2) is 63.2 Å². The molecule has 0 N–H and O–H groups in total. The molecular formula is C9H18N2O2. The van der Waals surface area contributed by atoms with E-state index in [4.69, 9.17) is 4.74 Å². The first-order valence-electron chi connectivity index (χ1n) is 4.58. The molecule has 0 aromatic rings. The lowest BCUT2D eigenvalue weighted by molar-refractivity contribution is -0.146. The molecule has 1 aliphatic heterocycles. The van der Waals surface area contributed by atoms with E-state index < -0.39 is 0 Å². The van der Waals surface area contributed by atoms with Gasteiger partial charge in [-0.15, -0.1) is 0 Å². The van der Waals surface area contributed by atoms with Crippen molar-refractivity contribution < 1.29 is 9.53 Å². The summed E-state index contributed by atoms with van der Waals surface area (Å²) in [6, 6.07) is 0. The van der Waals surface area contributed by atoms with Gasteiger partial charge in [-0.1, -0.05) is 0 Å². The first-order chi connectivity index (χ1) is 6.13. The molecule has 1 saturated heterocycles. The predicted molar refractivity (Wildman–Crippen MR) is 50.5 cm³/mol. The Morgan fingerprint density at radius 3 is 2.08 bits per heavy atom. The zero-order valence-corrected chi connectivity index (χ0v) is 8.62. The summed E-state index contributed by atoms with van der Waals surface area (Å²) < 4.78 is 4.75. The Morgan fingerprint density at radius 2 is 1.69 bits per heavy atom. The van der Waals surface area contributed by atoms with Crippen LogP contribution in [0.2, 0.25) is 0 Å². The third-order valence-electron chi connectivity index (χ3n) is 2.46. The molecule has 13 heavy (non-hydrogen) atoms. The smallest absolute Gasteiger partial charge is 0.311 e. The van der Waals surface area contributed by atoms with Crippen molar-refractivity contribution in [2.45, 2.75) is 0 Å². The fraction of sp³-hybridized carbons (Fsp3) is 0.889. The number of hydrogen-bond acceptors (Lipinski definition) is 4. The highest BCUT2D eigenvalue weighted by Gasteiger charge is 2.25. The normalized spacial score (nSPS) is 22.7. The molecule has 0 spiro atoms. The molecule has 4 heteroatoms. The van der Waals surface area contributed by atoms with Crippen LogP contribution in [0.3, 0.4) is 0 Å². The van der Waals surface area contributed by atoms with Gasteiger partial charge in [0.1, 0.15) is 0 Å². The van der Waals surface area contributed by atoms with Gasteiger partial charge in [0.15, 0.2) is 0 Å². The van der Waals surface area contributed by atoms with Crippen LogP contribution < -0.4 is 0 Å². The Hall–Kier alpha value is -0.610. The highest BCUT2D eigenvalue weighted by molar-refractivity contribution is 5.72. The second-order valence-electron chi connectivity index (χ2n) is 3.74. The summed E-state index contributed by atoms with van der Waals surface area (Å²) in [5, 5.41) is 0. The summed E-state index contributed by atoms with van der Waals surface area (Å²) in [5.74, 6) is -0.0944. The molecule has 4 nitrogen and oxygen atoms in total. The number of carbonyl (C=O) groups excluding carboxylic acids is 1. The Labute approximate surface area is 79.4 Å². The maximum atomic E-state index is 11.3. The lowest BCUT2D eigenvalue weighted by Crippen LogP contribution is -2.33. The van der Waals surface area contributed by atoms with Gasteiger partial charge in [0.05, 0.1) is 13.0 Å². The van der Waals surface area contributed by atoms with Crippen LogP contribution >= 0.6 is 0 Å². The number of likely N-dealkylation sites (N-methyl/N-ethyl adjacent to an activating group) is 2. The minimum absolute atomic E-state index is 0.00231. The zero-order valence-electron chi connectivity index (χ0n) is 8.62. The van der Waals surface area contributed by atoms with E-state index >= 15 is 0 Å². The summed E-state index contributed by atoms with van der Waals surface area (Å²) in [6.07, 6.45) is 0. The zero-order chi connectivity index (χ0) is 9.84. The second kappa shape index (κ2) is 4.58. The Morgan fingerprint density at radius 1 is 1.23 bits per heavy atom. The topological polar surface area (TPSA) is 32.8 Å². The predicted octanol–water partition coefficient (Wildman–Crippen LogP) is -0.347. The summed E-state index contributed by atoms with van der Waals surface area (Å²) in [7, 11) is 5.53. The van der Waals surface area contributed by atoms with Gasteiger partial charge in [0.2, 0.25) is 0 Å². The van der Waals surface area contributed by atoms with Gasteiger partial charge < -0.3 is 14.5 Å². The Kier molecular flexibility index (Phi) is 3.69. The van der Waals surface area contributed by atoms with E-state index in [9.17, 15) is 4.79 Å². The fourth-order valence-corrected chi connectivity index (χ4v) is 1.65. The van der Waals surface area contributed by atoms with Crippen molar-refractivity contribution in [2.24, 2.45) is 5.92 Å². The van der Waals surface area contributed by atoms with Gasteiger partial charge in [-0.05, 0) is 14.1 Å². The third kappa shape index (κ3) is 2.97. The molecule has 0 radical (unpaired) electrons. The summed E-state index contributed by atoms with van der Waals surface area (Å²) in [5.41, 5.74) is 0. The molecule has 0 unspecified atom stereocenters. The van der Waals surface area contributed by atoms with Crippen molar-refractivity contribution in [1.29, 1.82) is 0 Å². The van der Waals surface area contributed by atoms with Crippen LogP contribution in [0, 0.1) is 5.92 Å². The third-order valence-corrected chi connectivity index (χ3v) is 2.46. The average Bonchev–Trinajstić information content (AvgIpc) is 2.27. The van der Waals surface area contributed by atoms with E-state index in [1.807, 2.05) is 14.1 Å². The molecule has 0 atom stereocenters. The minimum atomic E-state index is -0.0967. The second-order valence-corrected chi connectivity index (χ2v) is 3.74. The molecule has 76 valence electrons. The fourth-order valence-electron chi connectivity index (χ4n) is 1.65. The Bertz CT molecular complexity index is 172. The maximum Gasteiger partial charge on any atom is 0.311 e. The molecule has 0 bridgehead atoms. The summed E-state index contributed by atoms with van der Waals surface area (Å²) in [4.78, 5) is 15.7. The SMILES string of the molecule is COC(=O)C1CN(C)CCN(C)C1. The van der Waals surface area contributed by atoms with Crippen molar-refractivity contribution in [1.82, 2.24) is 9.80 Å². The van der Waals surface area contributed by atoms with Gasteiger partial charge in [0.25, 0.3) is 0 Å².